The maximum atomic E-state index is 12.4. The van der Waals surface area contributed by atoms with Gasteiger partial charge in [-0.3, -0.25) is 4.90 Å². The number of methoxy groups -OCH3 is 1. The van der Waals surface area contributed by atoms with Gasteiger partial charge < -0.3 is 14.4 Å². The van der Waals surface area contributed by atoms with Gasteiger partial charge in [0.05, 0.1) is 12.2 Å². The van der Waals surface area contributed by atoms with Gasteiger partial charge in [-0.05, 0) is 24.3 Å². The van der Waals surface area contributed by atoms with E-state index in [4.69, 9.17) is 9.47 Å². The maximum Gasteiger partial charge on any atom is 0.338 e. The molecule has 164 valence electrons. The second-order valence-electron chi connectivity index (χ2n) is 7.52. The van der Waals surface area contributed by atoms with Crippen LogP contribution < -0.4 is 0 Å². The van der Waals surface area contributed by atoms with Crippen LogP contribution in [0.4, 0.5) is 0 Å². The van der Waals surface area contributed by atoms with Crippen molar-refractivity contribution in [2.75, 3.05) is 46.4 Å². The summed E-state index contributed by atoms with van der Waals surface area (Å²) in [5.74, 6) is 0.141. The van der Waals surface area contributed by atoms with Crippen LogP contribution in [0.5, 0.6) is 0 Å². The lowest BCUT2D eigenvalue weighted by Crippen LogP contribution is -2.51. The number of piperazine rings is 1. The number of fused-ring (bicyclic) bond motifs is 1. The predicted molar refractivity (Wildman–Crippen MR) is 116 cm³/mol. The lowest BCUT2D eigenvalue weighted by atomic mass is 10.1. The molecule has 0 radical (unpaired) electrons. The molecule has 2 aliphatic rings. The number of ether oxygens (including phenoxy) is 2. The molecule has 1 saturated heterocycles. The Balaban J connectivity index is 1.36. The Bertz CT molecular complexity index is 1060. The number of rotatable bonds is 6. The van der Waals surface area contributed by atoms with Crippen LogP contribution in [0.1, 0.15) is 15.9 Å². The molecule has 0 bridgehead atoms. The van der Waals surface area contributed by atoms with Gasteiger partial charge in [0.25, 0.3) is 10.0 Å². The lowest BCUT2D eigenvalue weighted by molar-refractivity contribution is -0.00971. The van der Waals surface area contributed by atoms with Crippen molar-refractivity contribution in [3.05, 3.63) is 65.7 Å². The summed E-state index contributed by atoms with van der Waals surface area (Å²) in [6.07, 6.45) is -0.394. The quantitative estimate of drug-likeness (QED) is 0.627. The van der Waals surface area contributed by atoms with Gasteiger partial charge >= 0.3 is 5.97 Å². The summed E-state index contributed by atoms with van der Waals surface area (Å²) in [4.78, 5) is 16.9. The van der Waals surface area contributed by atoms with Crippen LogP contribution >= 0.6 is 0 Å². The highest BCUT2D eigenvalue weighted by Crippen LogP contribution is 2.27. The fourth-order valence-electron chi connectivity index (χ4n) is 3.85. The van der Waals surface area contributed by atoms with Crippen LogP contribution in [0.3, 0.4) is 0 Å². The van der Waals surface area contributed by atoms with Crippen LogP contribution in [-0.2, 0) is 19.5 Å². The predicted octanol–water partition coefficient (Wildman–Crippen LogP) is 1.63. The topological polar surface area (TPSA) is 88.5 Å². The Morgan fingerprint density at radius 3 is 2.42 bits per heavy atom. The zero-order chi connectivity index (χ0) is 21.8. The number of carbonyl (C=O) groups excluding carboxylic acids is 1. The average molecular weight is 444 g/mol. The fraction of sp³-hybridized carbons (Fsp3) is 0.364. The molecule has 2 heterocycles. The number of sulfonamides is 1. The molecule has 1 atom stereocenters. The van der Waals surface area contributed by atoms with Crippen molar-refractivity contribution in [1.29, 1.82) is 0 Å². The number of benzene rings is 2. The maximum absolute atomic E-state index is 12.4. The lowest BCUT2D eigenvalue weighted by Gasteiger charge is -2.37. The molecule has 0 aliphatic carbocycles. The molecule has 0 spiro atoms. The second kappa shape index (κ2) is 9.17. The van der Waals surface area contributed by atoms with E-state index in [0.717, 1.165) is 0 Å². The third-order valence-electron chi connectivity index (χ3n) is 5.38. The Kier molecular flexibility index (Phi) is 6.35. The van der Waals surface area contributed by atoms with Crippen molar-refractivity contribution >= 4 is 21.8 Å². The van der Waals surface area contributed by atoms with Gasteiger partial charge in [0.1, 0.15) is 11.0 Å². The van der Waals surface area contributed by atoms with Crippen LogP contribution in [0.15, 0.2) is 63.9 Å². The van der Waals surface area contributed by atoms with E-state index in [1.165, 1.54) is 0 Å². The molecule has 0 aromatic heterocycles. The van der Waals surface area contributed by atoms with E-state index in [1.54, 1.807) is 49.6 Å². The first-order valence-electron chi connectivity index (χ1n) is 10.1. The van der Waals surface area contributed by atoms with Crippen molar-refractivity contribution < 1.29 is 22.7 Å². The minimum atomic E-state index is -3.63. The van der Waals surface area contributed by atoms with Gasteiger partial charge in [-0.25, -0.2) is 4.79 Å². The molecule has 1 fully saturated rings. The standard InChI is InChI=1S/C22H25N3O5S/c1-29-16-18(30-22(26)17-7-3-2-4-8-17)15-24-11-13-25(14-12-24)21-19-9-5-6-10-20(19)31(27,28)23-21/h2-10,18H,11-16H2,1H3/t18-/m0/s1. The van der Waals surface area contributed by atoms with Gasteiger partial charge in [-0.2, -0.15) is 8.42 Å². The summed E-state index contributed by atoms with van der Waals surface area (Å²) in [6, 6.07) is 15.8. The van der Waals surface area contributed by atoms with E-state index < -0.39 is 16.1 Å². The van der Waals surface area contributed by atoms with Crippen LogP contribution in [0.25, 0.3) is 0 Å². The highest BCUT2D eigenvalue weighted by molar-refractivity contribution is 7.90. The van der Waals surface area contributed by atoms with Gasteiger partial charge in [-0.1, -0.05) is 30.3 Å². The molecule has 2 aromatic rings. The van der Waals surface area contributed by atoms with Gasteiger partial charge in [0.15, 0.2) is 5.84 Å². The second-order valence-corrected chi connectivity index (χ2v) is 9.09. The number of carbonyl (C=O) groups is 1. The van der Waals surface area contributed by atoms with Gasteiger partial charge in [0, 0.05) is 45.4 Å². The van der Waals surface area contributed by atoms with E-state index in [-0.39, 0.29) is 10.9 Å². The number of nitrogens with zero attached hydrogens (tertiary/aromatic N) is 3. The largest absolute Gasteiger partial charge is 0.455 e. The average Bonchev–Trinajstić information content (AvgIpc) is 3.06. The summed E-state index contributed by atoms with van der Waals surface area (Å²) in [5, 5.41) is 0. The monoisotopic (exact) mass is 443 g/mol. The summed E-state index contributed by atoms with van der Waals surface area (Å²) in [7, 11) is -2.04. The van der Waals surface area contributed by atoms with E-state index in [1.807, 2.05) is 17.0 Å². The zero-order valence-electron chi connectivity index (χ0n) is 17.3. The van der Waals surface area contributed by atoms with Crippen LogP contribution in [0, 0.1) is 0 Å². The molecule has 0 unspecified atom stereocenters. The first-order valence-corrected chi connectivity index (χ1v) is 11.6. The minimum absolute atomic E-state index is 0.264. The Morgan fingerprint density at radius 1 is 1.03 bits per heavy atom. The third-order valence-corrected chi connectivity index (χ3v) is 6.71. The van der Waals surface area contributed by atoms with Crippen molar-refractivity contribution in [1.82, 2.24) is 9.80 Å². The molecule has 0 N–H and O–H groups in total. The van der Waals surface area contributed by atoms with E-state index >= 15 is 0 Å². The molecule has 4 rings (SSSR count). The number of amidine groups is 1. The van der Waals surface area contributed by atoms with Crippen molar-refractivity contribution in [3.63, 3.8) is 0 Å². The highest BCUT2D eigenvalue weighted by Gasteiger charge is 2.33. The van der Waals surface area contributed by atoms with E-state index in [9.17, 15) is 13.2 Å². The smallest absolute Gasteiger partial charge is 0.338 e. The Hall–Kier alpha value is -2.75. The minimum Gasteiger partial charge on any atom is -0.455 e. The Morgan fingerprint density at radius 2 is 1.71 bits per heavy atom. The zero-order valence-corrected chi connectivity index (χ0v) is 18.1. The molecule has 2 aromatic carbocycles. The Labute approximate surface area is 182 Å². The highest BCUT2D eigenvalue weighted by atomic mass is 32.2. The SMILES string of the molecule is COC[C@H](CN1CCN(C2=NS(=O)(=O)c3ccccc32)CC1)OC(=O)c1ccccc1. The van der Waals surface area contributed by atoms with Crippen molar-refractivity contribution in [2.45, 2.75) is 11.0 Å². The molecular weight excluding hydrogens is 418 g/mol. The molecule has 0 amide bonds. The summed E-state index contributed by atoms with van der Waals surface area (Å²) in [5.41, 5.74) is 1.16. The van der Waals surface area contributed by atoms with E-state index in [0.29, 0.717) is 56.3 Å². The summed E-state index contributed by atoms with van der Waals surface area (Å²) < 4.78 is 39.6. The third kappa shape index (κ3) is 4.79. The normalized spacial score (nSPS) is 18.9. The molecule has 0 saturated carbocycles. The van der Waals surface area contributed by atoms with Crippen molar-refractivity contribution in [2.24, 2.45) is 4.40 Å². The molecule has 2 aliphatic heterocycles. The molecule has 31 heavy (non-hydrogen) atoms. The first kappa shape index (κ1) is 21.5. The van der Waals surface area contributed by atoms with Crippen molar-refractivity contribution in [3.8, 4) is 0 Å². The summed E-state index contributed by atoms with van der Waals surface area (Å²) in [6.45, 7) is 3.51. The van der Waals surface area contributed by atoms with Gasteiger partial charge in [-0.15, -0.1) is 4.40 Å². The fourth-order valence-corrected chi connectivity index (χ4v) is 5.08. The molecule has 8 nitrogen and oxygen atoms in total. The first-order chi connectivity index (χ1) is 15.0. The number of esters is 1. The summed E-state index contributed by atoms with van der Waals surface area (Å²) >= 11 is 0. The molecular formula is C22H25N3O5S. The molecule has 9 heteroatoms. The number of hydrogen-bond donors (Lipinski definition) is 0. The number of hydrogen-bond acceptors (Lipinski definition) is 7. The van der Waals surface area contributed by atoms with Crippen LogP contribution in [-0.4, -0.2) is 82.6 Å². The van der Waals surface area contributed by atoms with Gasteiger partial charge in [0.2, 0.25) is 0 Å². The van der Waals surface area contributed by atoms with Crippen LogP contribution in [0.2, 0.25) is 0 Å². The van der Waals surface area contributed by atoms with E-state index in [2.05, 4.69) is 9.30 Å².